The second-order valence-corrected chi connectivity index (χ2v) is 5.25. The van der Waals surface area contributed by atoms with Gasteiger partial charge in [0, 0.05) is 6.04 Å². The first kappa shape index (κ1) is 13.8. The number of carbonyl (C=O) groups is 1. The summed E-state index contributed by atoms with van der Waals surface area (Å²) in [6.45, 7) is 2.31. The van der Waals surface area contributed by atoms with Crippen LogP contribution in [0.5, 0.6) is 0 Å². The summed E-state index contributed by atoms with van der Waals surface area (Å²) in [5.41, 5.74) is 0.238. The van der Waals surface area contributed by atoms with E-state index in [1.165, 1.54) is 39.2 Å². The summed E-state index contributed by atoms with van der Waals surface area (Å²) in [5, 5.41) is 11.3. The summed E-state index contributed by atoms with van der Waals surface area (Å²) in [6, 6.07) is 3.89. The molecule has 5 nitrogen and oxygen atoms in total. The number of rotatable bonds is 3. The molecule has 19 heavy (non-hydrogen) atoms. The quantitative estimate of drug-likeness (QED) is 0.671. The Balaban J connectivity index is 1.93. The normalized spacial score (nSPS) is 23.5. The first-order valence-corrected chi connectivity index (χ1v) is 6.87. The Labute approximate surface area is 113 Å². The number of hydrogen-bond donors (Lipinski definition) is 1. The number of carbonyl (C=O) groups excluding carboxylic acids is 1. The van der Waals surface area contributed by atoms with E-state index in [9.17, 15) is 4.79 Å². The molecule has 1 fully saturated rings. The van der Waals surface area contributed by atoms with Crippen LogP contribution < -0.4 is 5.32 Å². The maximum atomic E-state index is 11.3. The third-order valence-electron chi connectivity index (χ3n) is 3.67. The molecule has 0 saturated heterocycles. The fourth-order valence-electron chi connectivity index (χ4n) is 2.46. The number of methoxy groups -OCH3 is 1. The molecule has 1 aliphatic carbocycles. The van der Waals surface area contributed by atoms with E-state index in [0.29, 0.717) is 6.04 Å². The topological polar surface area (TPSA) is 64.1 Å². The van der Waals surface area contributed by atoms with E-state index in [1.54, 1.807) is 12.1 Å². The number of hydrogen-bond acceptors (Lipinski definition) is 5. The summed E-state index contributed by atoms with van der Waals surface area (Å²) in [5.74, 6) is 1.09. The van der Waals surface area contributed by atoms with E-state index in [2.05, 4.69) is 27.2 Å². The van der Waals surface area contributed by atoms with Crippen molar-refractivity contribution in [1.82, 2.24) is 10.2 Å². The van der Waals surface area contributed by atoms with Crippen molar-refractivity contribution >= 4 is 11.8 Å². The molecule has 2 rings (SSSR count). The SMILES string of the molecule is COC(=O)c1ccc(NC2CCCC(C)CC2)nn1. The number of esters is 1. The van der Waals surface area contributed by atoms with Crippen LogP contribution in [0.25, 0.3) is 0 Å². The van der Waals surface area contributed by atoms with Gasteiger partial charge in [-0.2, -0.15) is 0 Å². The molecule has 0 bridgehead atoms. The van der Waals surface area contributed by atoms with Crippen molar-refractivity contribution in [1.29, 1.82) is 0 Å². The van der Waals surface area contributed by atoms with Crippen LogP contribution in [-0.2, 0) is 4.74 Å². The molecule has 1 aromatic heterocycles. The maximum absolute atomic E-state index is 11.3. The maximum Gasteiger partial charge on any atom is 0.358 e. The van der Waals surface area contributed by atoms with Gasteiger partial charge >= 0.3 is 5.97 Å². The predicted molar refractivity (Wildman–Crippen MR) is 73.0 cm³/mol. The minimum Gasteiger partial charge on any atom is -0.464 e. The van der Waals surface area contributed by atoms with Crippen molar-refractivity contribution in [2.45, 2.75) is 45.1 Å². The lowest BCUT2D eigenvalue weighted by molar-refractivity contribution is 0.0593. The summed E-state index contributed by atoms with van der Waals surface area (Å²) >= 11 is 0. The first-order chi connectivity index (χ1) is 9.19. The van der Waals surface area contributed by atoms with Gasteiger partial charge in [-0.1, -0.05) is 19.8 Å². The van der Waals surface area contributed by atoms with E-state index in [-0.39, 0.29) is 5.69 Å². The van der Waals surface area contributed by atoms with Gasteiger partial charge in [0.05, 0.1) is 7.11 Å². The molecule has 1 N–H and O–H groups in total. The van der Waals surface area contributed by atoms with Crippen LogP contribution in [0.15, 0.2) is 12.1 Å². The van der Waals surface area contributed by atoms with Crippen molar-refractivity contribution in [3.63, 3.8) is 0 Å². The Morgan fingerprint density at radius 2 is 2.11 bits per heavy atom. The molecule has 2 atom stereocenters. The average Bonchev–Trinajstić information content (AvgIpc) is 2.64. The van der Waals surface area contributed by atoms with Crippen molar-refractivity contribution < 1.29 is 9.53 Å². The predicted octanol–water partition coefficient (Wildman–Crippen LogP) is 2.64. The number of ether oxygens (including phenoxy) is 1. The molecule has 1 aromatic rings. The molecule has 5 heteroatoms. The number of aromatic nitrogens is 2. The molecular formula is C14H21N3O2. The van der Waals surface area contributed by atoms with Crippen molar-refractivity contribution in [3.05, 3.63) is 17.8 Å². The fourth-order valence-corrected chi connectivity index (χ4v) is 2.46. The molecule has 2 unspecified atom stereocenters. The molecule has 0 spiro atoms. The van der Waals surface area contributed by atoms with Gasteiger partial charge in [0.25, 0.3) is 0 Å². The Kier molecular flexibility index (Phi) is 4.71. The van der Waals surface area contributed by atoms with Gasteiger partial charge in [-0.05, 0) is 37.3 Å². The average molecular weight is 263 g/mol. The van der Waals surface area contributed by atoms with Gasteiger partial charge in [0.1, 0.15) is 5.82 Å². The first-order valence-electron chi connectivity index (χ1n) is 6.87. The molecule has 0 amide bonds. The second kappa shape index (κ2) is 6.50. The van der Waals surface area contributed by atoms with Gasteiger partial charge < -0.3 is 10.1 Å². The molecule has 104 valence electrons. The van der Waals surface area contributed by atoms with Crippen LogP contribution in [0, 0.1) is 5.92 Å². The fraction of sp³-hybridized carbons (Fsp3) is 0.643. The third-order valence-corrected chi connectivity index (χ3v) is 3.67. The molecular weight excluding hydrogens is 242 g/mol. The summed E-state index contributed by atoms with van der Waals surface area (Å²) in [6.07, 6.45) is 6.16. The van der Waals surface area contributed by atoms with E-state index >= 15 is 0 Å². The minimum absolute atomic E-state index is 0.238. The number of anilines is 1. The minimum atomic E-state index is -0.456. The number of nitrogens with zero attached hydrogens (tertiary/aromatic N) is 2. The van der Waals surface area contributed by atoms with Crippen LogP contribution in [0.3, 0.4) is 0 Å². The third kappa shape index (κ3) is 3.91. The smallest absolute Gasteiger partial charge is 0.358 e. The van der Waals surface area contributed by atoms with Crippen LogP contribution in [0.4, 0.5) is 5.82 Å². The highest BCUT2D eigenvalue weighted by Gasteiger charge is 2.16. The Morgan fingerprint density at radius 3 is 2.79 bits per heavy atom. The van der Waals surface area contributed by atoms with Crippen molar-refractivity contribution in [2.24, 2.45) is 5.92 Å². The van der Waals surface area contributed by atoms with E-state index in [1.807, 2.05) is 0 Å². The van der Waals surface area contributed by atoms with Crippen molar-refractivity contribution in [2.75, 3.05) is 12.4 Å². The van der Waals surface area contributed by atoms with Gasteiger partial charge in [-0.25, -0.2) is 4.79 Å². The van der Waals surface area contributed by atoms with E-state index in [4.69, 9.17) is 0 Å². The van der Waals surface area contributed by atoms with E-state index < -0.39 is 5.97 Å². The Bertz CT molecular complexity index is 419. The summed E-state index contributed by atoms with van der Waals surface area (Å²) in [4.78, 5) is 11.3. The van der Waals surface area contributed by atoms with Gasteiger partial charge in [-0.3, -0.25) is 0 Å². The van der Waals surface area contributed by atoms with Crippen LogP contribution in [-0.4, -0.2) is 29.3 Å². The number of nitrogens with one attached hydrogen (secondary N) is 1. The highest BCUT2D eigenvalue weighted by molar-refractivity contribution is 5.86. The zero-order chi connectivity index (χ0) is 13.7. The monoisotopic (exact) mass is 263 g/mol. The highest BCUT2D eigenvalue weighted by Crippen LogP contribution is 2.24. The Hall–Kier alpha value is -1.65. The van der Waals surface area contributed by atoms with Gasteiger partial charge in [0.2, 0.25) is 0 Å². The highest BCUT2D eigenvalue weighted by atomic mass is 16.5. The van der Waals surface area contributed by atoms with Crippen LogP contribution >= 0.6 is 0 Å². The summed E-state index contributed by atoms with van der Waals surface area (Å²) in [7, 11) is 1.34. The van der Waals surface area contributed by atoms with Gasteiger partial charge in [-0.15, -0.1) is 10.2 Å². The standard InChI is InChI=1S/C14H21N3O2/c1-10-4-3-5-11(7-6-10)15-13-9-8-12(16-17-13)14(18)19-2/h8-11H,3-7H2,1-2H3,(H,15,17). The van der Waals surface area contributed by atoms with Gasteiger partial charge in [0.15, 0.2) is 5.69 Å². The molecule has 0 aromatic carbocycles. The zero-order valence-corrected chi connectivity index (χ0v) is 11.6. The molecule has 1 saturated carbocycles. The van der Waals surface area contributed by atoms with E-state index in [0.717, 1.165) is 11.7 Å². The summed E-state index contributed by atoms with van der Waals surface area (Å²) < 4.78 is 4.59. The lowest BCUT2D eigenvalue weighted by atomic mass is 10.0. The molecule has 0 aliphatic heterocycles. The molecule has 0 radical (unpaired) electrons. The van der Waals surface area contributed by atoms with Crippen LogP contribution in [0.1, 0.15) is 49.5 Å². The second-order valence-electron chi connectivity index (χ2n) is 5.25. The lowest BCUT2D eigenvalue weighted by Crippen LogP contribution is -2.19. The van der Waals surface area contributed by atoms with Crippen LogP contribution in [0.2, 0.25) is 0 Å². The Morgan fingerprint density at radius 1 is 1.26 bits per heavy atom. The lowest BCUT2D eigenvalue weighted by Gasteiger charge is -2.16. The molecule has 1 aliphatic rings. The van der Waals surface area contributed by atoms with Crippen molar-refractivity contribution in [3.8, 4) is 0 Å². The zero-order valence-electron chi connectivity index (χ0n) is 11.6. The molecule has 1 heterocycles. The largest absolute Gasteiger partial charge is 0.464 e.